The van der Waals surface area contributed by atoms with Crippen molar-refractivity contribution in [2.45, 2.75) is 50.5 Å². The van der Waals surface area contributed by atoms with E-state index in [9.17, 15) is 13.6 Å². The molecule has 0 saturated heterocycles. The van der Waals surface area contributed by atoms with Gasteiger partial charge in [-0.15, -0.1) is 0 Å². The van der Waals surface area contributed by atoms with Crippen molar-refractivity contribution in [3.63, 3.8) is 0 Å². The van der Waals surface area contributed by atoms with E-state index in [1.807, 2.05) is 55.5 Å². The van der Waals surface area contributed by atoms with Gasteiger partial charge in [-0.3, -0.25) is 4.79 Å². The Kier molecular flexibility index (Phi) is 4.88. The second-order valence-electron chi connectivity index (χ2n) is 8.93. The minimum absolute atomic E-state index is 0.270. The topological polar surface area (TPSA) is 42.0 Å². The van der Waals surface area contributed by atoms with Gasteiger partial charge in [0.2, 0.25) is 0 Å². The molecule has 3 fully saturated rings. The summed E-state index contributed by atoms with van der Waals surface area (Å²) < 4.78 is 29.8. The summed E-state index contributed by atoms with van der Waals surface area (Å²) in [4.78, 5) is 18.5. The van der Waals surface area contributed by atoms with Gasteiger partial charge in [0.05, 0.1) is 16.8 Å². The summed E-state index contributed by atoms with van der Waals surface area (Å²) in [5, 5.41) is 3.78. The number of hydrogen-bond donors (Lipinski definition) is 1. The summed E-state index contributed by atoms with van der Waals surface area (Å²) in [6, 6.07) is 15.4. The van der Waals surface area contributed by atoms with Gasteiger partial charge in [0.1, 0.15) is 0 Å². The van der Waals surface area contributed by atoms with Crippen LogP contribution in [-0.2, 0) is 0 Å². The third-order valence-corrected chi connectivity index (χ3v) is 7.45. The van der Waals surface area contributed by atoms with Crippen molar-refractivity contribution >= 4 is 32.7 Å². The molecule has 0 atom stereocenters. The van der Waals surface area contributed by atoms with Crippen LogP contribution in [0.1, 0.15) is 48.0 Å². The number of carbonyl (C=O) groups is 1. The van der Waals surface area contributed by atoms with Gasteiger partial charge in [0, 0.05) is 33.3 Å². The summed E-state index contributed by atoms with van der Waals surface area (Å²) in [5.74, 6) is -3.55. The number of fused-ring (bicyclic) bond motifs is 4. The molecule has 1 heterocycles. The number of nitrogens with zero attached hydrogens (tertiary/aromatic N) is 1. The predicted molar refractivity (Wildman–Crippen MR) is 121 cm³/mol. The Balaban J connectivity index is 1.62. The smallest absolute Gasteiger partial charge is 0.253 e. The summed E-state index contributed by atoms with van der Waals surface area (Å²) >= 11 is 3.49. The third kappa shape index (κ3) is 3.55. The molecule has 3 aromatic rings. The van der Waals surface area contributed by atoms with Crippen LogP contribution < -0.4 is 5.32 Å². The molecule has 3 aliphatic rings. The van der Waals surface area contributed by atoms with Crippen molar-refractivity contribution in [2.24, 2.45) is 5.92 Å². The highest BCUT2D eigenvalue weighted by atomic mass is 79.9. The Morgan fingerprint density at radius 1 is 1.13 bits per heavy atom. The first-order valence-electron chi connectivity index (χ1n) is 10.6. The number of halogens is 3. The van der Waals surface area contributed by atoms with Crippen molar-refractivity contribution < 1.29 is 13.6 Å². The molecule has 1 aromatic heterocycles. The number of alkyl halides is 2. The number of aromatic nitrogens is 1. The SMILES string of the molecule is Cc1c(-c2ccccc2)nc2ccc(Br)cc2c1C(=O)NC12CCC(CC1)C(F)(F)C2. The van der Waals surface area contributed by atoms with Crippen LogP contribution in [0.5, 0.6) is 0 Å². The van der Waals surface area contributed by atoms with Gasteiger partial charge in [-0.1, -0.05) is 46.3 Å². The Hall–Kier alpha value is -2.34. The molecule has 0 spiro atoms. The normalized spacial score (nSPS) is 24.3. The maximum atomic E-state index is 14.5. The Morgan fingerprint density at radius 2 is 1.84 bits per heavy atom. The Bertz CT molecular complexity index is 1170. The molecular weight excluding hydrogens is 462 g/mol. The molecule has 1 amide bonds. The van der Waals surface area contributed by atoms with Crippen LogP contribution in [0.15, 0.2) is 53.0 Å². The first kappa shape index (κ1) is 20.6. The zero-order valence-corrected chi connectivity index (χ0v) is 18.8. The average molecular weight is 485 g/mol. The molecule has 160 valence electrons. The van der Waals surface area contributed by atoms with Gasteiger partial charge in [0.25, 0.3) is 11.8 Å². The highest BCUT2D eigenvalue weighted by Gasteiger charge is 2.56. The van der Waals surface area contributed by atoms with E-state index in [-0.39, 0.29) is 12.3 Å². The monoisotopic (exact) mass is 484 g/mol. The Labute approximate surface area is 188 Å². The third-order valence-electron chi connectivity index (χ3n) is 6.96. The lowest BCUT2D eigenvalue weighted by Gasteiger charge is -2.50. The molecule has 0 aliphatic heterocycles. The summed E-state index contributed by atoms with van der Waals surface area (Å²) in [6.07, 6.45) is 1.87. The molecule has 3 saturated carbocycles. The maximum Gasteiger partial charge on any atom is 0.253 e. The highest BCUT2D eigenvalue weighted by Crippen LogP contribution is 2.52. The number of carbonyl (C=O) groups excluding carboxylic acids is 1. The van der Waals surface area contributed by atoms with Crippen molar-refractivity contribution in [1.82, 2.24) is 10.3 Å². The molecule has 3 nitrogen and oxygen atoms in total. The van der Waals surface area contributed by atoms with Crippen LogP contribution in [0.3, 0.4) is 0 Å². The first-order chi connectivity index (χ1) is 14.8. The second kappa shape index (κ2) is 7.37. The molecule has 0 radical (unpaired) electrons. The van der Waals surface area contributed by atoms with Crippen molar-refractivity contribution in [3.8, 4) is 11.3 Å². The maximum absolute atomic E-state index is 14.5. The highest BCUT2D eigenvalue weighted by molar-refractivity contribution is 9.10. The summed E-state index contributed by atoms with van der Waals surface area (Å²) in [5.41, 5.74) is 2.78. The number of amides is 1. The molecule has 2 bridgehead atoms. The van der Waals surface area contributed by atoms with E-state index in [0.29, 0.717) is 36.8 Å². The van der Waals surface area contributed by atoms with Gasteiger partial charge in [-0.2, -0.15) is 0 Å². The van der Waals surface area contributed by atoms with Crippen LogP contribution in [0, 0.1) is 12.8 Å². The van der Waals surface area contributed by atoms with Crippen molar-refractivity contribution in [3.05, 3.63) is 64.1 Å². The van der Waals surface area contributed by atoms with E-state index in [1.165, 1.54) is 0 Å². The van der Waals surface area contributed by atoms with Gasteiger partial charge >= 0.3 is 0 Å². The van der Waals surface area contributed by atoms with E-state index >= 15 is 0 Å². The van der Waals surface area contributed by atoms with Crippen molar-refractivity contribution in [1.29, 1.82) is 0 Å². The first-order valence-corrected chi connectivity index (χ1v) is 11.4. The molecule has 6 heteroatoms. The minimum Gasteiger partial charge on any atom is -0.346 e. The second-order valence-corrected chi connectivity index (χ2v) is 9.85. The van der Waals surface area contributed by atoms with Crippen LogP contribution in [-0.4, -0.2) is 22.4 Å². The Morgan fingerprint density at radius 3 is 2.52 bits per heavy atom. The van der Waals surface area contributed by atoms with E-state index in [1.54, 1.807) is 0 Å². The lowest BCUT2D eigenvalue weighted by molar-refractivity contribution is -0.143. The zero-order valence-electron chi connectivity index (χ0n) is 17.2. The van der Waals surface area contributed by atoms with Crippen LogP contribution >= 0.6 is 15.9 Å². The van der Waals surface area contributed by atoms with Crippen LogP contribution in [0.4, 0.5) is 8.78 Å². The standard InChI is InChI=1S/C25H23BrF2N2O/c1-15-21(23(31)30-24-11-9-17(10-12-24)25(27,28)14-24)19-13-18(26)7-8-20(19)29-22(15)16-5-3-2-4-6-16/h2-8,13,17H,9-12,14H2,1H3,(H,30,31). The molecule has 31 heavy (non-hydrogen) atoms. The molecular formula is C25H23BrF2N2O. The quantitative estimate of drug-likeness (QED) is 0.450. The minimum atomic E-state index is -2.71. The number of benzene rings is 2. The van der Waals surface area contributed by atoms with Gasteiger partial charge in [0.15, 0.2) is 0 Å². The average Bonchev–Trinajstić information content (AvgIpc) is 2.73. The van der Waals surface area contributed by atoms with Gasteiger partial charge < -0.3 is 5.32 Å². The zero-order chi connectivity index (χ0) is 21.8. The van der Waals surface area contributed by atoms with Crippen LogP contribution in [0.2, 0.25) is 0 Å². The van der Waals surface area contributed by atoms with Crippen molar-refractivity contribution in [2.75, 3.05) is 0 Å². The lowest BCUT2D eigenvalue weighted by atomic mass is 9.63. The van der Waals surface area contributed by atoms with E-state index < -0.39 is 17.4 Å². The van der Waals surface area contributed by atoms with E-state index in [0.717, 1.165) is 26.7 Å². The fraction of sp³-hybridized carbons (Fsp3) is 0.360. The molecule has 3 aliphatic carbocycles. The van der Waals surface area contributed by atoms with Crippen LogP contribution in [0.25, 0.3) is 22.2 Å². The van der Waals surface area contributed by atoms with Gasteiger partial charge in [-0.05, 0) is 56.4 Å². The van der Waals surface area contributed by atoms with Gasteiger partial charge in [-0.25, -0.2) is 13.8 Å². The van der Waals surface area contributed by atoms with E-state index in [2.05, 4.69) is 21.2 Å². The fourth-order valence-corrected chi connectivity index (χ4v) is 5.70. The number of pyridine rings is 1. The lowest BCUT2D eigenvalue weighted by Crippen LogP contribution is -2.60. The largest absolute Gasteiger partial charge is 0.346 e. The molecule has 0 unspecified atom stereocenters. The number of rotatable bonds is 3. The molecule has 6 rings (SSSR count). The van der Waals surface area contributed by atoms with E-state index in [4.69, 9.17) is 4.98 Å². The number of nitrogens with one attached hydrogen (secondary N) is 1. The number of hydrogen-bond acceptors (Lipinski definition) is 2. The molecule has 2 aromatic carbocycles. The molecule has 1 N–H and O–H groups in total. The summed E-state index contributed by atoms with van der Waals surface area (Å²) in [6.45, 7) is 1.88. The summed E-state index contributed by atoms with van der Waals surface area (Å²) in [7, 11) is 0. The predicted octanol–water partition coefficient (Wildman–Crippen LogP) is 6.67. The fourth-order valence-electron chi connectivity index (χ4n) is 5.34.